The fraction of sp³-hybridized carbons (Fsp3) is 0.300. The van der Waals surface area contributed by atoms with Crippen LogP contribution < -0.4 is 24.0 Å². The fourth-order valence-electron chi connectivity index (χ4n) is 3.21. The van der Waals surface area contributed by atoms with Crippen molar-refractivity contribution < 1.29 is 19.0 Å². The quantitative estimate of drug-likeness (QED) is 0.623. The number of hydrogen-bond acceptors (Lipinski definition) is 6. The van der Waals surface area contributed by atoms with E-state index in [-0.39, 0.29) is 6.03 Å². The Morgan fingerprint density at radius 3 is 2.57 bits per heavy atom. The molecule has 2 amide bonds. The summed E-state index contributed by atoms with van der Waals surface area (Å²) in [6, 6.07) is 11.2. The van der Waals surface area contributed by atoms with Crippen molar-refractivity contribution in [2.75, 3.05) is 43.7 Å². The Balaban J connectivity index is 1.60. The summed E-state index contributed by atoms with van der Waals surface area (Å²) >= 11 is 1.49. The van der Waals surface area contributed by atoms with Crippen LogP contribution in [0.3, 0.4) is 0 Å². The maximum atomic E-state index is 13.0. The predicted octanol–water partition coefficient (Wildman–Crippen LogP) is 4.16. The molecular weight excluding hydrogens is 378 g/mol. The Morgan fingerprint density at radius 2 is 1.82 bits per heavy atom. The lowest BCUT2D eigenvalue weighted by atomic mass is 10.2. The zero-order valence-corrected chi connectivity index (χ0v) is 16.8. The Bertz CT molecular complexity index is 1020. The van der Waals surface area contributed by atoms with Crippen molar-refractivity contribution in [1.29, 1.82) is 0 Å². The maximum absolute atomic E-state index is 13.0. The molecule has 7 nitrogen and oxygen atoms in total. The average molecular weight is 399 g/mol. The highest BCUT2D eigenvalue weighted by Gasteiger charge is 2.33. The number of hydrogen-bond donors (Lipinski definition) is 0. The summed E-state index contributed by atoms with van der Waals surface area (Å²) in [6.07, 6.45) is 0. The van der Waals surface area contributed by atoms with Crippen LogP contribution >= 0.6 is 11.3 Å². The summed E-state index contributed by atoms with van der Waals surface area (Å²) in [6.45, 7) is 3.72. The van der Waals surface area contributed by atoms with Gasteiger partial charge in [0.25, 0.3) is 0 Å². The molecular formula is C20H21N3O4S. The third kappa shape index (κ3) is 3.20. The average Bonchev–Trinajstić information content (AvgIpc) is 3.30. The highest BCUT2D eigenvalue weighted by Crippen LogP contribution is 2.36. The molecule has 0 unspecified atom stereocenters. The lowest BCUT2D eigenvalue weighted by molar-refractivity contribution is 0.256. The number of carbonyl (C=O) groups excluding carboxylic acids is 1. The van der Waals surface area contributed by atoms with E-state index in [1.54, 1.807) is 30.1 Å². The SMILES string of the molecule is CCOc1ccc2nc(N3CCN(c4ccc(OC)c(OC)c4)C3=O)sc2c1. The number of fused-ring (bicyclic) bond motifs is 1. The summed E-state index contributed by atoms with van der Waals surface area (Å²) < 4.78 is 17.2. The van der Waals surface area contributed by atoms with Gasteiger partial charge in [-0.3, -0.25) is 9.80 Å². The second-order valence-corrected chi connectivity index (χ2v) is 7.19. The minimum atomic E-state index is -0.101. The van der Waals surface area contributed by atoms with Crippen molar-refractivity contribution in [1.82, 2.24) is 4.98 Å². The number of benzene rings is 2. The molecule has 8 heteroatoms. The first kappa shape index (κ1) is 18.4. The van der Waals surface area contributed by atoms with Gasteiger partial charge in [0.2, 0.25) is 0 Å². The molecule has 0 bridgehead atoms. The molecule has 2 heterocycles. The van der Waals surface area contributed by atoms with Gasteiger partial charge in [0.1, 0.15) is 5.75 Å². The number of methoxy groups -OCH3 is 2. The van der Waals surface area contributed by atoms with Gasteiger partial charge in [-0.15, -0.1) is 0 Å². The molecule has 1 aromatic heterocycles. The topological polar surface area (TPSA) is 64.1 Å². The van der Waals surface area contributed by atoms with E-state index < -0.39 is 0 Å². The molecule has 0 atom stereocenters. The predicted molar refractivity (Wildman–Crippen MR) is 110 cm³/mol. The zero-order valence-electron chi connectivity index (χ0n) is 16.0. The van der Waals surface area contributed by atoms with Crippen molar-refractivity contribution in [3.8, 4) is 17.2 Å². The normalized spacial score (nSPS) is 14.0. The molecule has 0 radical (unpaired) electrons. The first-order chi connectivity index (χ1) is 13.6. The second kappa shape index (κ2) is 7.55. The van der Waals surface area contributed by atoms with Crippen LogP contribution in [0.4, 0.5) is 15.6 Å². The lowest BCUT2D eigenvalue weighted by Gasteiger charge is -2.18. The van der Waals surface area contributed by atoms with E-state index in [1.807, 2.05) is 37.3 Å². The summed E-state index contributed by atoms with van der Waals surface area (Å²) in [4.78, 5) is 21.1. The van der Waals surface area contributed by atoms with Gasteiger partial charge in [-0.2, -0.15) is 0 Å². The summed E-state index contributed by atoms with van der Waals surface area (Å²) in [5.41, 5.74) is 1.63. The molecule has 1 fully saturated rings. The number of carbonyl (C=O) groups is 1. The van der Waals surface area contributed by atoms with Gasteiger partial charge < -0.3 is 14.2 Å². The molecule has 0 spiro atoms. The molecule has 146 valence electrons. The van der Waals surface area contributed by atoms with Gasteiger partial charge in [-0.05, 0) is 37.3 Å². The van der Waals surface area contributed by atoms with Gasteiger partial charge in [-0.1, -0.05) is 11.3 Å². The molecule has 1 aliphatic rings. The van der Waals surface area contributed by atoms with E-state index in [2.05, 4.69) is 4.98 Å². The van der Waals surface area contributed by atoms with Gasteiger partial charge >= 0.3 is 6.03 Å². The molecule has 28 heavy (non-hydrogen) atoms. The molecule has 4 rings (SSSR count). The smallest absolute Gasteiger partial charge is 0.330 e. The van der Waals surface area contributed by atoms with Crippen LogP contribution in [0.2, 0.25) is 0 Å². The lowest BCUT2D eigenvalue weighted by Crippen LogP contribution is -2.31. The monoisotopic (exact) mass is 399 g/mol. The molecule has 2 aromatic carbocycles. The Kier molecular flexibility index (Phi) is 4.95. The summed E-state index contributed by atoms with van der Waals surface area (Å²) in [5, 5.41) is 0.691. The first-order valence-corrected chi connectivity index (χ1v) is 9.80. The molecule has 1 saturated heterocycles. The number of ether oxygens (including phenoxy) is 3. The number of anilines is 2. The van der Waals surface area contributed by atoms with Crippen molar-refractivity contribution >= 4 is 38.4 Å². The largest absolute Gasteiger partial charge is 0.494 e. The van der Waals surface area contributed by atoms with E-state index >= 15 is 0 Å². The molecule has 0 aliphatic carbocycles. The molecule has 3 aromatic rings. The highest BCUT2D eigenvalue weighted by molar-refractivity contribution is 7.22. The number of rotatable bonds is 6. The number of thiazole rings is 1. The zero-order chi connectivity index (χ0) is 19.7. The van der Waals surface area contributed by atoms with Crippen molar-refractivity contribution in [3.63, 3.8) is 0 Å². The van der Waals surface area contributed by atoms with Gasteiger partial charge in [-0.25, -0.2) is 9.78 Å². The van der Waals surface area contributed by atoms with Crippen molar-refractivity contribution in [2.45, 2.75) is 6.92 Å². The first-order valence-electron chi connectivity index (χ1n) is 8.99. The fourth-order valence-corrected chi connectivity index (χ4v) is 4.23. The summed E-state index contributed by atoms with van der Waals surface area (Å²) in [7, 11) is 3.17. The number of urea groups is 1. The van der Waals surface area contributed by atoms with Crippen LogP contribution in [-0.4, -0.2) is 44.9 Å². The van der Waals surface area contributed by atoms with Gasteiger partial charge in [0.15, 0.2) is 16.6 Å². The minimum Gasteiger partial charge on any atom is -0.494 e. The highest BCUT2D eigenvalue weighted by atomic mass is 32.1. The Morgan fingerprint density at radius 1 is 1.04 bits per heavy atom. The van der Waals surface area contributed by atoms with Crippen LogP contribution in [0, 0.1) is 0 Å². The second-order valence-electron chi connectivity index (χ2n) is 6.18. The van der Waals surface area contributed by atoms with Crippen molar-refractivity contribution in [3.05, 3.63) is 36.4 Å². The van der Waals surface area contributed by atoms with Crippen LogP contribution in [0.15, 0.2) is 36.4 Å². The number of nitrogens with zero attached hydrogens (tertiary/aromatic N) is 3. The molecule has 0 saturated carbocycles. The van der Waals surface area contributed by atoms with Crippen LogP contribution in [0.25, 0.3) is 10.2 Å². The van der Waals surface area contributed by atoms with E-state index in [1.165, 1.54) is 11.3 Å². The standard InChI is InChI=1S/C20H21N3O4S/c1-4-27-14-6-7-15-18(12-14)28-19(21-15)23-10-9-22(20(23)24)13-5-8-16(25-2)17(11-13)26-3/h5-8,11-12H,4,9-10H2,1-3H3. The van der Waals surface area contributed by atoms with Gasteiger partial charge in [0, 0.05) is 24.8 Å². The molecule has 1 aliphatic heterocycles. The van der Waals surface area contributed by atoms with Crippen LogP contribution in [-0.2, 0) is 0 Å². The third-order valence-electron chi connectivity index (χ3n) is 4.58. The third-order valence-corrected chi connectivity index (χ3v) is 5.62. The number of aromatic nitrogens is 1. The van der Waals surface area contributed by atoms with E-state index in [4.69, 9.17) is 14.2 Å². The van der Waals surface area contributed by atoms with Crippen molar-refractivity contribution in [2.24, 2.45) is 0 Å². The van der Waals surface area contributed by atoms with E-state index in [0.29, 0.717) is 36.3 Å². The Hall–Kier alpha value is -3.00. The van der Waals surface area contributed by atoms with E-state index in [0.717, 1.165) is 21.7 Å². The number of amides is 2. The minimum absolute atomic E-state index is 0.101. The summed E-state index contributed by atoms with van der Waals surface area (Å²) in [5.74, 6) is 2.03. The molecule has 0 N–H and O–H groups in total. The Labute approximate surface area is 167 Å². The van der Waals surface area contributed by atoms with E-state index in [9.17, 15) is 4.79 Å². The van der Waals surface area contributed by atoms with Crippen LogP contribution in [0.5, 0.6) is 17.2 Å². The van der Waals surface area contributed by atoms with Crippen LogP contribution in [0.1, 0.15) is 6.92 Å². The maximum Gasteiger partial charge on any atom is 0.330 e. The van der Waals surface area contributed by atoms with Gasteiger partial charge in [0.05, 0.1) is 31.0 Å².